The predicted molar refractivity (Wildman–Crippen MR) is 93.1 cm³/mol. The molecule has 0 aliphatic carbocycles. The molecule has 1 N–H and O–H groups in total. The van der Waals surface area contributed by atoms with Crippen molar-refractivity contribution in [3.05, 3.63) is 48.2 Å². The molecule has 0 fully saturated rings. The Bertz CT molecular complexity index is 566. The Balaban J connectivity index is 2.16. The van der Waals surface area contributed by atoms with Crippen molar-refractivity contribution in [3.8, 4) is 0 Å². The summed E-state index contributed by atoms with van der Waals surface area (Å²) in [7, 11) is 0. The molecule has 0 aliphatic rings. The van der Waals surface area contributed by atoms with E-state index in [1.807, 2.05) is 18.3 Å². The van der Waals surface area contributed by atoms with Gasteiger partial charge in [-0.1, -0.05) is 44.2 Å². The molecule has 4 heteroatoms. The molecular formula is C18H26N4. The molecule has 118 valence electrons. The van der Waals surface area contributed by atoms with Crippen LogP contribution in [0, 0.1) is 5.92 Å². The zero-order valence-electron chi connectivity index (χ0n) is 14.0. The van der Waals surface area contributed by atoms with Gasteiger partial charge in [0, 0.05) is 25.3 Å². The summed E-state index contributed by atoms with van der Waals surface area (Å²) < 4.78 is 0. The smallest absolute Gasteiger partial charge is 0.227 e. The van der Waals surface area contributed by atoms with Crippen LogP contribution in [0.3, 0.4) is 0 Å². The van der Waals surface area contributed by atoms with Gasteiger partial charge < -0.3 is 10.2 Å². The molecule has 0 amide bonds. The first kappa shape index (κ1) is 16.3. The topological polar surface area (TPSA) is 41.1 Å². The Morgan fingerprint density at radius 3 is 2.41 bits per heavy atom. The van der Waals surface area contributed by atoms with Crippen molar-refractivity contribution in [2.24, 2.45) is 5.92 Å². The number of anilines is 2. The number of hydrogen-bond donors (Lipinski definition) is 1. The lowest BCUT2D eigenvalue weighted by molar-refractivity contribution is 0.658. The van der Waals surface area contributed by atoms with Gasteiger partial charge in [-0.3, -0.25) is 0 Å². The van der Waals surface area contributed by atoms with Crippen LogP contribution < -0.4 is 10.2 Å². The summed E-state index contributed by atoms with van der Waals surface area (Å²) in [4.78, 5) is 11.3. The quantitative estimate of drug-likeness (QED) is 0.840. The first-order valence-electron chi connectivity index (χ1n) is 7.93. The maximum absolute atomic E-state index is 4.67. The largest absolute Gasteiger partial charge is 0.370 e. The zero-order chi connectivity index (χ0) is 15.9. The number of hydrogen-bond acceptors (Lipinski definition) is 4. The minimum atomic E-state index is 0.334. The highest BCUT2D eigenvalue weighted by Crippen LogP contribution is 2.17. The van der Waals surface area contributed by atoms with E-state index in [0.29, 0.717) is 12.0 Å². The molecule has 2 aromatic rings. The molecule has 0 unspecified atom stereocenters. The molecule has 0 radical (unpaired) electrons. The summed E-state index contributed by atoms with van der Waals surface area (Å²) in [5, 5.41) is 3.36. The first-order valence-corrected chi connectivity index (χ1v) is 7.93. The van der Waals surface area contributed by atoms with E-state index >= 15 is 0 Å². The second-order valence-corrected chi connectivity index (χ2v) is 6.22. The maximum Gasteiger partial charge on any atom is 0.227 e. The van der Waals surface area contributed by atoms with Gasteiger partial charge in [0.1, 0.15) is 5.82 Å². The summed E-state index contributed by atoms with van der Waals surface area (Å²) in [6.07, 6.45) is 1.82. The molecule has 0 spiro atoms. The molecule has 1 aromatic carbocycles. The van der Waals surface area contributed by atoms with Gasteiger partial charge in [0.15, 0.2) is 0 Å². The van der Waals surface area contributed by atoms with E-state index in [0.717, 1.165) is 24.9 Å². The van der Waals surface area contributed by atoms with E-state index in [9.17, 15) is 0 Å². The fourth-order valence-corrected chi connectivity index (χ4v) is 2.16. The van der Waals surface area contributed by atoms with Crippen LogP contribution in [-0.2, 0) is 6.54 Å². The summed E-state index contributed by atoms with van der Waals surface area (Å²) in [6, 6.07) is 12.7. The van der Waals surface area contributed by atoms with Gasteiger partial charge in [0.25, 0.3) is 0 Å². The second-order valence-electron chi connectivity index (χ2n) is 6.22. The normalized spacial score (nSPS) is 11.0. The Hall–Kier alpha value is -2.10. The van der Waals surface area contributed by atoms with Gasteiger partial charge in [-0.05, 0) is 31.4 Å². The van der Waals surface area contributed by atoms with Crippen LogP contribution >= 0.6 is 0 Å². The highest BCUT2D eigenvalue weighted by atomic mass is 15.3. The minimum Gasteiger partial charge on any atom is -0.370 e. The lowest BCUT2D eigenvalue weighted by atomic mass is 10.2. The number of nitrogens with zero attached hydrogens (tertiary/aromatic N) is 3. The third-order valence-electron chi connectivity index (χ3n) is 3.41. The van der Waals surface area contributed by atoms with E-state index in [1.54, 1.807) is 0 Å². The second kappa shape index (κ2) is 7.78. The monoisotopic (exact) mass is 298 g/mol. The van der Waals surface area contributed by atoms with Crippen LogP contribution in [-0.4, -0.2) is 22.6 Å². The third-order valence-corrected chi connectivity index (χ3v) is 3.41. The Labute approximate surface area is 133 Å². The van der Waals surface area contributed by atoms with Crippen LogP contribution in [0.1, 0.15) is 33.3 Å². The molecule has 0 saturated heterocycles. The Morgan fingerprint density at radius 1 is 1.05 bits per heavy atom. The molecule has 1 heterocycles. The fraction of sp³-hybridized carbons (Fsp3) is 0.444. The average molecular weight is 298 g/mol. The molecule has 2 rings (SSSR count). The van der Waals surface area contributed by atoms with Crippen LogP contribution in [0.5, 0.6) is 0 Å². The molecule has 22 heavy (non-hydrogen) atoms. The predicted octanol–water partition coefficient (Wildman–Crippen LogP) is 3.96. The highest BCUT2D eigenvalue weighted by Gasteiger charge is 2.14. The van der Waals surface area contributed by atoms with Gasteiger partial charge in [-0.2, -0.15) is 4.98 Å². The molecule has 0 saturated carbocycles. The minimum absolute atomic E-state index is 0.334. The average Bonchev–Trinajstić information content (AvgIpc) is 2.51. The lowest BCUT2D eigenvalue weighted by Gasteiger charge is -2.27. The van der Waals surface area contributed by atoms with Crippen LogP contribution in [0.25, 0.3) is 0 Å². The van der Waals surface area contributed by atoms with E-state index in [1.165, 1.54) is 5.56 Å². The Kier molecular flexibility index (Phi) is 5.75. The van der Waals surface area contributed by atoms with E-state index in [4.69, 9.17) is 0 Å². The molecule has 4 nitrogen and oxygen atoms in total. The number of rotatable bonds is 7. The lowest BCUT2D eigenvalue weighted by Crippen LogP contribution is -2.32. The SMILES string of the molecule is CC(C)CNc1ccnc(N(Cc2ccccc2)C(C)C)n1. The van der Waals surface area contributed by atoms with Gasteiger partial charge >= 0.3 is 0 Å². The van der Waals surface area contributed by atoms with Crippen molar-refractivity contribution < 1.29 is 0 Å². The summed E-state index contributed by atoms with van der Waals surface area (Å²) >= 11 is 0. The summed E-state index contributed by atoms with van der Waals surface area (Å²) in [6.45, 7) is 10.4. The summed E-state index contributed by atoms with van der Waals surface area (Å²) in [5.41, 5.74) is 1.26. The Morgan fingerprint density at radius 2 is 1.77 bits per heavy atom. The molecule has 1 aromatic heterocycles. The van der Waals surface area contributed by atoms with E-state index < -0.39 is 0 Å². The van der Waals surface area contributed by atoms with E-state index in [2.05, 4.69) is 72.1 Å². The van der Waals surface area contributed by atoms with Gasteiger partial charge in [-0.15, -0.1) is 0 Å². The third kappa shape index (κ3) is 4.72. The standard InChI is InChI=1S/C18H26N4/c1-14(2)12-20-17-10-11-19-18(21-17)22(15(3)4)13-16-8-6-5-7-9-16/h5-11,14-15H,12-13H2,1-4H3,(H,19,20,21). The van der Waals surface area contributed by atoms with Gasteiger partial charge in [0.2, 0.25) is 5.95 Å². The highest BCUT2D eigenvalue weighted by molar-refractivity contribution is 5.42. The summed E-state index contributed by atoms with van der Waals surface area (Å²) in [5.74, 6) is 2.24. The van der Waals surface area contributed by atoms with Crippen molar-refractivity contribution >= 4 is 11.8 Å². The van der Waals surface area contributed by atoms with E-state index in [-0.39, 0.29) is 0 Å². The maximum atomic E-state index is 4.67. The zero-order valence-corrected chi connectivity index (χ0v) is 14.0. The van der Waals surface area contributed by atoms with Crippen molar-refractivity contribution in [2.75, 3.05) is 16.8 Å². The van der Waals surface area contributed by atoms with Crippen molar-refractivity contribution in [3.63, 3.8) is 0 Å². The molecule has 0 bridgehead atoms. The number of aromatic nitrogens is 2. The van der Waals surface area contributed by atoms with Crippen LogP contribution in [0.2, 0.25) is 0 Å². The first-order chi connectivity index (χ1) is 10.6. The fourth-order valence-electron chi connectivity index (χ4n) is 2.16. The van der Waals surface area contributed by atoms with Crippen molar-refractivity contribution in [1.82, 2.24) is 9.97 Å². The molecular weight excluding hydrogens is 272 g/mol. The van der Waals surface area contributed by atoms with Crippen LogP contribution in [0.4, 0.5) is 11.8 Å². The van der Waals surface area contributed by atoms with Gasteiger partial charge in [-0.25, -0.2) is 4.98 Å². The number of nitrogens with one attached hydrogen (secondary N) is 1. The van der Waals surface area contributed by atoms with Gasteiger partial charge in [0.05, 0.1) is 0 Å². The molecule has 0 aliphatic heterocycles. The van der Waals surface area contributed by atoms with Crippen LogP contribution in [0.15, 0.2) is 42.6 Å². The van der Waals surface area contributed by atoms with Crippen molar-refractivity contribution in [2.45, 2.75) is 40.3 Å². The van der Waals surface area contributed by atoms with Crippen molar-refractivity contribution in [1.29, 1.82) is 0 Å². The molecule has 0 atom stereocenters. The number of benzene rings is 1.